The molecule has 0 radical (unpaired) electrons. The first-order valence-corrected chi connectivity index (χ1v) is 42.8. The number of amides is 13. The van der Waals surface area contributed by atoms with Crippen LogP contribution in [0.3, 0.4) is 0 Å². The number of nitrogens with zero attached hydrogens (tertiary/aromatic N) is 7. The van der Waals surface area contributed by atoms with Gasteiger partial charge in [-0.3, -0.25) is 57.5 Å². The van der Waals surface area contributed by atoms with Crippen molar-refractivity contribution in [2.45, 2.75) is 267 Å². The molecular weight excluding hydrogens is 1520 g/mol. The quantitative estimate of drug-likeness (QED) is 0.0277. The third-order valence-corrected chi connectivity index (χ3v) is 23.0. The second-order valence-corrected chi connectivity index (χ2v) is 35.1. The zero-order valence-electron chi connectivity index (χ0n) is 75.3. The molecule has 7 N–H and O–H groups in total. The van der Waals surface area contributed by atoms with Crippen molar-refractivity contribution in [3.8, 4) is 11.1 Å². The Morgan fingerprint density at radius 3 is 1.39 bits per heavy atom. The van der Waals surface area contributed by atoms with Crippen LogP contribution in [0.1, 0.15) is 215 Å². The summed E-state index contributed by atoms with van der Waals surface area (Å²) in [6.07, 6.45) is 4.79. The maximum absolute atomic E-state index is 15.8. The number of aliphatic hydroxyl groups excluding tert-OH is 1. The summed E-state index contributed by atoms with van der Waals surface area (Å²) in [4.78, 5) is 202. The molecule has 13 amide bonds. The predicted octanol–water partition coefficient (Wildman–Crippen LogP) is 8.71. The van der Waals surface area contributed by atoms with Crippen LogP contribution in [0.2, 0.25) is 0 Å². The van der Waals surface area contributed by atoms with Gasteiger partial charge in [-0.2, -0.15) is 0 Å². The van der Waals surface area contributed by atoms with Crippen LogP contribution in [0.5, 0.6) is 0 Å². The van der Waals surface area contributed by atoms with E-state index in [0.717, 1.165) is 40.0 Å². The van der Waals surface area contributed by atoms with Crippen molar-refractivity contribution >= 4 is 77.0 Å². The minimum Gasteiger partial charge on any atom is -0.449 e. The number of unbranched alkanes of at least 4 members (excludes halogenated alkanes) is 3. The molecule has 3 aromatic rings. The van der Waals surface area contributed by atoms with Crippen LogP contribution < -0.4 is 31.9 Å². The lowest BCUT2D eigenvalue weighted by atomic mass is 9.91. The van der Waals surface area contributed by atoms with Crippen LogP contribution in [0.25, 0.3) is 11.1 Å². The number of benzene rings is 3. The van der Waals surface area contributed by atoms with Crippen molar-refractivity contribution in [3.05, 3.63) is 107 Å². The van der Waals surface area contributed by atoms with E-state index in [9.17, 15) is 29.1 Å². The fourth-order valence-corrected chi connectivity index (χ4v) is 15.8. The lowest BCUT2D eigenvalue weighted by Crippen LogP contribution is -2.64. The standard InChI is InChI=1S/C91H141N13O15/c1-25-27-36-59(15)78(105)77-83(110)96-69(26-2)85(112)101(21)74(51-62-41-43-63(44-42-62)80(107)92-45-34-28-29-35-46-93-91(118)119-52-68-66-39-32-30-37-64(66)65-38-31-33-40-67(65)68)87(114)98(18)71(48-54(5)6)82(109)97-75(57(11)12)89(116)99(19)70(47-53(3)4)81(108)94-60(16)79(106)95-61(17)84(111)100(20)72(49-55(7)8)86(113)102(22)73(50-56(9)10)88(115)103(23)76(58(13)14)90(117)104(77)24/h25,27,30-33,37-44,53-61,68-78,105H,26,28-29,34-36,45-52H2,1-24H3,(H,92,107)(H,93,118)(H,94,108)(H,95,106)(H,96,110)(H,97,109)/b27-25+/t59-,60+,61-,69+,70+,71+,72+,73+,74?,75+,76+,77+,78-/m1/s1. The van der Waals surface area contributed by atoms with Gasteiger partial charge >= 0.3 is 6.09 Å². The first-order valence-electron chi connectivity index (χ1n) is 42.8. The number of nitrogens with one attached hydrogen (secondary N) is 6. The summed E-state index contributed by atoms with van der Waals surface area (Å²) in [6, 6.07) is 8.20. The van der Waals surface area contributed by atoms with E-state index >= 15 is 38.4 Å². The Balaban J connectivity index is 1.54. The number of allylic oxidation sites excluding steroid dienone is 2. The average molecular weight is 1660 g/mol. The van der Waals surface area contributed by atoms with E-state index in [1.165, 1.54) is 92.6 Å². The molecule has 1 aliphatic carbocycles. The number of rotatable bonds is 27. The SMILES string of the molecule is C/C=C/C[C@@H](C)[C@@H](O)[C@H]1C(=O)N[C@@H](CC)C(=O)N(C)C(Cc2ccc(C(=O)NCCCCCCNC(=O)OCC3c4ccccc4-c4ccccc43)cc2)C(=O)N(C)[C@@H](CC(C)C)C(=O)N[C@@H](C(C)C)C(=O)N(C)[C@@H](CC(C)C)C(=O)N[C@@H](C)C(=O)N[C@H](C)C(=O)N(C)[C@@H](CC(C)C)C(=O)N(C)[C@@H](CC(C)C)C(=O)N(C)[C@@H](C(C)C)C(=O)N1C. The van der Waals surface area contributed by atoms with Crippen LogP contribution in [-0.2, 0) is 63.9 Å². The van der Waals surface area contributed by atoms with E-state index in [4.69, 9.17) is 4.74 Å². The number of hydrogen-bond acceptors (Lipinski definition) is 15. The summed E-state index contributed by atoms with van der Waals surface area (Å²) in [5, 5.41) is 29.5. The van der Waals surface area contributed by atoms with Gasteiger partial charge in [-0.1, -0.05) is 183 Å². The summed E-state index contributed by atoms with van der Waals surface area (Å²) in [5.41, 5.74) is 5.34. The smallest absolute Gasteiger partial charge is 0.407 e. The Hall–Kier alpha value is -9.73. The molecule has 1 saturated heterocycles. The summed E-state index contributed by atoms with van der Waals surface area (Å²) >= 11 is 0. The highest BCUT2D eigenvalue weighted by atomic mass is 16.5. The van der Waals surface area contributed by atoms with Crippen LogP contribution in [-0.4, -0.2) is 258 Å². The molecule has 0 bridgehead atoms. The second kappa shape index (κ2) is 46.7. The molecule has 119 heavy (non-hydrogen) atoms. The van der Waals surface area contributed by atoms with Crippen molar-refractivity contribution in [1.82, 2.24) is 66.2 Å². The van der Waals surface area contributed by atoms with Gasteiger partial charge in [0.2, 0.25) is 65.0 Å². The lowest BCUT2D eigenvalue weighted by molar-refractivity contribution is -0.157. The largest absolute Gasteiger partial charge is 0.449 e. The molecule has 2 aliphatic rings. The number of likely N-dealkylation sites (N-methyl/N-ethyl adjacent to an activating group) is 7. The van der Waals surface area contributed by atoms with Crippen molar-refractivity contribution in [2.75, 3.05) is 69.0 Å². The van der Waals surface area contributed by atoms with E-state index in [0.29, 0.717) is 37.1 Å². The maximum atomic E-state index is 15.8. The molecule has 1 heterocycles. The van der Waals surface area contributed by atoms with Gasteiger partial charge in [-0.05, 0) is 154 Å². The fourth-order valence-electron chi connectivity index (χ4n) is 15.8. The highest BCUT2D eigenvalue weighted by Gasteiger charge is 2.47. The van der Waals surface area contributed by atoms with E-state index in [1.807, 2.05) is 79.7 Å². The maximum Gasteiger partial charge on any atom is 0.407 e. The highest BCUT2D eigenvalue weighted by molar-refractivity contribution is 6.00. The molecule has 0 saturated carbocycles. The minimum atomic E-state index is -1.71. The predicted molar refractivity (Wildman–Crippen MR) is 461 cm³/mol. The monoisotopic (exact) mass is 1660 g/mol. The molecule has 660 valence electrons. The number of aliphatic hydroxyl groups is 1. The minimum absolute atomic E-state index is 0.0542. The van der Waals surface area contributed by atoms with Gasteiger partial charge in [0.1, 0.15) is 73.1 Å². The van der Waals surface area contributed by atoms with Crippen molar-refractivity contribution < 1.29 is 72.2 Å². The van der Waals surface area contributed by atoms with Gasteiger partial charge in [0, 0.05) is 80.3 Å². The van der Waals surface area contributed by atoms with Gasteiger partial charge in [-0.25, -0.2) is 4.79 Å². The first kappa shape index (κ1) is 99.8. The van der Waals surface area contributed by atoms with Gasteiger partial charge in [0.25, 0.3) is 5.91 Å². The third kappa shape index (κ3) is 27.1. The molecule has 5 rings (SSSR count). The fraction of sp³-hybridized carbons (Fsp3) is 0.637. The van der Waals surface area contributed by atoms with Crippen molar-refractivity contribution in [2.24, 2.45) is 41.4 Å². The van der Waals surface area contributed by atoms with Crippen LogP contribution in [0.4, 0.5) is 4.79 Å². The summed E-state index contributed by atoms with van der Waals surface area (Å²) in [7, 11) is 9.91. The second-order valence-electron chi connectivity index (χ2n) is 35.1. The molecule has 28 heteroatoms. The molecular formula is C91H141N13O15. The highest BCUT2D eigenvalue weighted by Crippen LogP contribution is 2.44. The Bertz CT molecular complexity index is 3930. The van der Waals surface area contributed by atoms with E-state index in [-0.39, 0.29) is 87.0 Å². The molecule has 1 aliphatic heterocycles. The van der Waals surface area contributed by atoms with Crippen LogP contribution in [0.15, 0.2) is 84.9 Å². The van der Waals surface area contributed by atoms with E-state index < -0.39 is 161 Å². The van der Waals surface area contributed by atoms with Crippen molar-refractivity contribution in [3.63, 3.8) is 0 Å². The molecule has 0 aromatic heterocycles. The first-order chi connectivity index (χ1) is 55.9. The summed E-state index contributed by atoms with van der Waals surface area (Å²) in [5.74, 6) is -11.1. The molecule has 1 fully saturated rings. The Morgan fingerprint density at radius 2 is 0.899 bits per heavy atom. The van der Waals surface area contributed by atoms with Crippen LogP contribution in [0, 0.1) is 41.4 Å². The van der Waals surface area contributed by atoms with Gasteiger partial charge in [0.05, 0.1) is 6.10 Å². The van der Waals surface area contributed by atoms with E-state index in [2.05, 4.69) is 56.2 Å². The number of fused-ring (bicyclic) bond motifs is 3. The Labute approximate surface area is 707 Å². The molecule has 3 aromatic carbocycles. The van der Waals surface area contributed by atoms with Gasteiger partial charge < -0.3 is 76.0 Å². The average Bonchev–Trinajstić information content (AvgIpc) is 1.61. The number of alkyl carbamates (subject to hydrolysis) is 1. The molecule has 13 atom stereocenters. The molecule has 1 unspecified atom stereocenters. The Morgan fingerprint density at radius 1 is 0.462 bits per heavy atom. The van der Waals surface area contributed by atoms with Crippen LogP contribution >= 0.6 is 0 Å². The Kier molecular flexibility index (Phi) is 39.2. The normalized spacial score (nSPS) is 23.4. The molecule has 28 nitrogen and oxygen atoms in total. The summed E-state index contributed by atoms with van der Waals surface area (Å²) < 4.78 is 5.70. The summed E-state index contributed by atoms with van der Waals surface area (Å²) in [6.45, 7) is 30.7. The molecule has 0 spiro atoms. The van der Waals surface area contributed by atoms with E-state index in [1.54, 1.807) is 84.9 Å². The number of carbonyl (C=O) groups excluding carboxylic acids is 13. The van der Waals surface area contributed by atoms with Crippen molar-refractivity contribution in [1.29, 1.82) is 0 Å². The number of carbonyl (C=O) groups is 13. The van der Waals surface area contributed by atoms with Gasteiger partial charge in [-0.15, -0.1) is 0 Å². The zero-order valence-corrected chi connectivity index (χ0v) is 75.3. The number of ether oxygens (including phenoxy) is 1. The third-order valence-electron chi connectivity index (χ3n) is 23.0. The topological polar surface area (TPSA) is 346 Å². The van der Waals surface area contributed by atoms with Gasteiger partial charge in [0.15, 0.2) is 0 Å². The number of hydrogen-bond donors (Lipinski definition) is 7. The lowest BCUT2D eigenvalue weighted by Gasteiger charge is -2.41. The zero-order chi connectivity index (χ0) is 89.3.